The van der Waals surface area contributed by atoms with Crippen molar-refractivity contribution >= 4 is 37.6 Å². The number of hydrogen-bond acceptors (Lipinski definition) is 1. The Balaban J connectivity index is 1.69. The summed E-state index contributed by atoms with van der Waals surface area (Å²) in [5.74, 6) is 0. The molecule has 0 atom stereocenters. The summed E-state index contributed by atoms with van der Waals surface area (Å²) in [5, 5.41) is 0. The Morgan fingerprint density at radius 3 is 0.492 bits per heavy atom. The van der Waals surface area contributed by atoms with Crippen molar-refractivity contribution in [2.45, 2.75) is 142 Å². The van der Waals surface area contributed by atoms with Crippen molar-refractivity contribution in [2.24, 2.45) is 0 Å². The van der Waals surface area contributed by atoms with E-state index in [0.717, 1.165) is 26.6 Å². The molecule has 0 saturated carbocycles. The van der Waals surface area contributed by atoms with E-state index in [2.05, 4.69) is 265 Å². The van der Waals surface area contributed by atoms with Crippen molar-refractivity contribution < 1.29 is 1.41 Å². The molecule has 63 heavy (non-hydrogen) atoms. The maximum atomic E-state index is 9.39. The van der Waals surface area contributed by atoms with Gasteiger partial charge < -0.3 is 0 Å². The first-order valence-corrected chi connectivity index (χ1v) is 38.1. The van der Waals surface area contributed by atoms with Gasteiger partial charge in [-0.15, -0.1) is 0 Å². The Bertz CT molecular complexity index is 1870. The molecule has 0 aliphatic rings. The van der Waals surface area contributed by atoms with Gasteiger partial charge in [-0.1, -0.05) is 0 Å². The molecule has 0 aliphatic carbocycles. The van der Waals surface area contributed by atoms with Crippen LogP contribution in [0.5, 0.6) is 0 Å². The molecular weight excluding hydrogens is 974 g/mol. The number of hydrogen-bond donors (Lipinski definition) is 0. The molecule has 0 amide bonds. The zero-order chi connectivity index (χ0) is 45.6. The fourth-order valence-corrected chi connectivity index (χ4v) is 74.8. The average Bonchev–Trinajstić information content (AvgIpc) is 3.24. The van der Waals surface area contributed by atoms with Crippen molar-refractivity contribution in [3.63, 3.8) is 0 Å². The molecule has 6 aromatic carbocycles. The van der Waals surface area contributed by atoms with Crippen LogP contribution >= 0.6 is 0 Å². The molecule has 0 bridgehead atoms. The topological polar surface area (TPSA) is 9.23 Å². The van der Waals surface area contributed by atoms with Crippen LogP contribution in [0.4, 0.5) is 0 Å². The Morgan fingerprint density at radius 2 is 0.365 bits per heavy atom. The minimum atomic E-state index is -4.11. The van der Waals surface area contributed by atoms with Crippen molar-refractivity contribution in [3.05, 3.63) is 215 Å². The van der Waals surface area contributed by atoms with Crippen molar-refractivity contribution in [1.29, 1.82) is 0 Å². The van der Waals surface area contributed by atoms with Crippen LogP contribution in [-0.4, -0.2) is 37.6 Å². The third kappa shape index (κ3) is 12.6. The van der Waals surface area contributed by atoms with Gasteiger partial charge >= 0.3 is 397 Å². The maximum absolute atomic E-state index is 9.39. The van der Waals surface area contributed by atoms with Gasteiger partial charge in [-0.25, -0.2) is 0 Å². The second-order valence-corrected chi connectivity index (χ2v) is 47.1. The summed E-state index contributed by atoms with van der Waals surface area (Å²) in [4.78, 5) is 0. The van der Waals surface area contributed by atoms with Crippen LogP contribution in [0.1, 0.15) is 116 Å². The van der Waals surface area contributed by atoms with Gasteiger partial charge in [0.2, 0.25) is 0 Å². The standard InChI is InChI=1S/6C10H13.O.2Sn/c6*1-10(2,3)9-7-5-4-6-8-9;;;/h6*4-8H,1H2,2-3H3;;;. The summed E-state index contributed by atoms with van der Waals surface area (Å²) in [5.41, 5.74) is 7.98. The van der Waals surface area contributed by atoms with Crippen LogP contribution in [0.15, 0.2) is 182 Å². The van der Waals surface area contributed by atoms with Gasteiger partial charge in [-0.3, -0.25) is 0 Å². The van der Waals surface area contributed by atoms with Crippen LogP contribution in [0.2, 0.25) is 26.6 Å². The molecule has 0 fully saturated rings. The third-order valence-corrected chi connectivity index (χ3v) is 59.6. The fourth-order valence-electron chi connectivity index (χ4n) is 11.8. The van der Waals surface area contributed by atoms with E-state index >= 15 is 0 Å². The van der Waals surface area contributed by atoms with Crippen LogP contribution in [0, 0.1) is 0 Å². The zero-order valence-corrected chi connectivity index (χ0v) is 46.7. The summed E-state index contributed by atoms with van der Waals surface area (Å²) in [6.45, 7) is 30.4. The van der Waals surface area contributed by atoms with Crippen LogP contribution < -0.4 is 0 Å². The molecule has 6 aromatic rings. The zero-order valence-electron chi connectivity index (χ0n) is 41.0. The molecule has 6 rings (SSSR count). The average molecular weight is 1050 g/mol. The molecule has 3 heteroatoms. The quantitative estimate of drug-likeness (QED) is 0.0693. The van der Waals surface area contributed by atoms with E-state index in [9.17, 15) is 1.41 Å². The van der Waals surface area contributed by atoms with E-state index in [0.29, 0.717) is 0 Å². The molecule has 0 heterocycles. The minimum absolute atomic E-state index is 0.0900. The van der Waals surface area contributed by atoms with E-state index in [1.807, 2.05) is 0 Å². The van der Waals surface area contributed by atoms with E-state index in [4.69, 9.17) is 0 Å². The first-order chi connectivity index (χ1) is 29.6. The van der Waals surface area contributed by atoms with E-state index in [1.165, 1.54) is 33.4 Å². The molecule has 0 aliphatic heterocycles. The van der Waals surface area contributed by atoms with Crippen LogP contribution in [0.3, 0.4) is 0 Å². The Kier molecular flexibility index (Phi) is 15.5. The molecule has 0 saturated heterocycles. The number of rotatable bonds is 20. The van der Waals surface area contributed by atoms with Gasteiger partial charge in [0.05, 0.1) is 0 Å². The predicted octanol–water partition coefficient (Wildman–Crippen LogP) is 16.8. The van der Waals surface area contributed by atoms with E-state index < -0.39 is 37.6 Å². The normalized spacial score (nSPS) is 13.5. The molecule has 1 nitrogen and oxygen atoms in total. The molecule has 0 unspecified atom stereocenters. The van der Waals surface area contributed by atoms with Gasteiger partial charge in [-0.05, 0) is 0 Å². The first kappa shape index (κ1) is 49.3. The van der Waals surface area contributed by atoms with Gasteiger partial charge in [0, 0.05) is 0 Å². The van der Waals surface area contributed by atoms with E-state index in [-0.39, 0.29) is 32.5 Å². The molecule has 332 valence electrons. The monoisotopic (exact) mass is 1050 g/mol. The molecular formula is C60H78OSn2. The van der Waals surface area contributed by atoms with Gasteiger partial charge in [-0.2, -0.15) is 0 Å². The fraction of sp³-hybridized carbons (Fsp3) is 0.400. The van der Waals surface area contributed by atoms with Crippen molar-refractivity contribution in [3.8, 4) is 0 Å². The molecule has 0 spiro atoms. The summed E-state index contributed by atoms with van der Waals surface area (Å²) >= 11 is -8.23. The number of benzene rings is 6. The Morgan fingerprint density at radius 1 is 0.238 bits per heavy atom. The van der Waals surface area contributed by atoms with E-state index in [1.54, 1.807) is 0 Å². The summed E-state index contributed by atoms with van der Waals surface area (Å²) in [7, 11) is 0. The van der Waals surface area contributed by atoms with Crippen LogP contribution in [0.25, 0.3) is 0 Å². The Hall–Kier alpha value is -3.12. The second kappa shape index (κ2) is 19.8. The summed E-state index contributed by atoms with van der Waals surface area (Å²) < 4.78 is 16.1. The summed E-state index contributed by atoms with van der Waals surface area (Å²) in [6.07, 6.45) is 0. The SMILES string of the molecule is CC(C)([CH2][Sn]([CH2]C(C)(C)c1ccccc1)([CH2]C(C)(C)c1ccccc1)[O][Sn]([CH2]C(C)(C)c1ccccc1)([CH2]C(C)(C)c1ccccc1)[CH2]C(C)(C)c1ccccc1)c1ccccc1. The van der Waals surface area contributed by atoms with Crippen LogP contribution in [-0.2, 0) is 33.9 Å². The van der Waals surface area contributed by atoms with Crippen molar-refractivity contribution in [2.75, 3.05) is 0 Å². The molecule has 0 aromatic heterocycles. The summed E-state index contributed by atoms with van der Waals surface area (Å²) in [6, 6.07) is 68.6. The molecule has 0 N–H and O–H groups in total. The van der Waals surface area contributed by atoms with Gasteiger partial charge in [0.15, 0.2) is 0 Å². The second-order valence-electron chi connectivity index (χ2n) is 23.0. The molecule has 0 radical (unpaired) electrons. The van der Waals surface area contributed by atoms with Gasteiger partial charge in [0.25, 0.3) is 0 Å². The Labute approximate surface area is 393 Å². The first-order valence-electron chi connectivity index (χ1n) is 23.6. The van der Waals surface area contributed by atoms with Gasteiger partial charge in [0.1, 0.15) is 0 Å². The third-order valence-electron chi connectivity index (χ3n) is 14.3. The predicted molar refractivity (Wildman–Crippen MR) is 278 cm³/mol. The van der Waals surface area contributed by atoms with Crippen molar-refractivity contribution in [1.82, 2.24) is 0 Å².